The summed E-state index contributed by atoms with van der Waals surface area (Å²) in [5.41, 5.74) is 1.23. The van der Waals surface area contributed by atoms with Crippen molar-refractivity contribution in [2.75, 3.05) is 6.54 Å². The highest BCUT2D eigenvalue weighted by atomic mass is 16.5. The predicted molar refractivity (Wildman–Crippen MR) is 83.1 cm³/mol. The van der Waals surface area contributed by atoms with Crippen molar-refractivity contribution in [2.45, 2.75) is 70.9 Å². The van der Waals surface area contributed by atoms with Gasteiger partial charge in [0.25, 0.3) is 0 Å². The molecule has 0 saturated heterocycles. The summed E-state index contributed by atoms with van der Waals surface area (Å²) in [4.78, 5) is 4.47. The van der Waals surface area contributed by atoms with Gasteiger partial charge in [0.15, 0.2) is 0 Å². The van der Waals surface area contributed by atoms with E-state index < -0.39 is 0 Å². The highest BCUT2D eigenvalue weighted by molar-refractivity contribution is 5.20. The van der Waals surface area contributed by atoms with Crippen molar-refractivity contribution in [1.29, 1.82) is 0 Å². The zero-order chi connectivity index (χ0) is 14.2. The van der Waals surface area contributed by atoms with Gasteiger partial charge in [-0.2, -0.15) is 0 Å². The molecule has 3 heteroatoms. The molecule has 20 heavy (non-hydrogen) atoms. The van der Waals surface area contributed by atoms with Gasteiger partial charge in [-0.3, -0.25) is 0 Å². The second-order valence-corrected chi connectivity index (χ2v) is 5.84. The van der Waals surface area contributed by atoms with E-state index >= 15 is 0 Å². The van der Waals surface area contributed by atoms with Gasteiger partial charge in [-0.05, 0) is 51.1 Å². The van der Waals surface area contributed by atoms with E-state index in [1.807, 2.05) is 12.3 Å². The Bertz CT molecular complexity index is 369. The Hall–Kier alpha value is -1.09. The molecule has 3 nitrogen and oxygen atoms in total. The SMILES string of the molecule is CCCNC(C)c1ccc(OC2CCCCCC2)nc1. The highest BCUT2D eigenvalue weighted by Gasteiger charge is 2.14. The molecule has 0 radical (unpaired) electrons. The number of ether oxygens (including phenoxy) is 1. The van der Waals surface area contributed by atoms with Crippen LogP contribution < -0.4 is 10.1 Å². The van der Waals surface area contributed by atoms with Gasteiger partial charge in [-0.15, -0.1) is 0 Å². The standard InChI is InChI=1S/C17H28N2O/c1-3-12-18-14(2)15-10-11-17(19-13-15)20-16-8-6-4-5-7-9-16/h10-11,13-14,16,18H,3-9,12H2,1-2H3. The lowest BCUT2D eigenvalue weighted by atomic mass is 10.1. The monoisotopic (exact) mass is 276 g/mol. The Morgan fingerprint density at radius 2 is 2.00 bits per heavy atom. The average Bonchev–Trinajstić information content (AvgIpc) is 2.74. The number of nitrogens with zero attached hydrogens (tertiary/aromatic N) is 1. The summed E-state index contributed by atoms with van der Waals surface area (Å²) in [7, 11) is 0. The molecule has 1 aliphatic rings. The average molecular weight is 276 g/mol. The third kappa shape index (κ3) is 4.78. The predicted octanol–water partition coefficient (Wildman–Crippen LogP) is 4.24. The minimum Gasteiger partial charge on any atom is -0.474 e. The maximum absolute atomic E-state index is 6.02. The molecule has 1 saturated carbocycles. The number of rotatable bonds is 6. The zero-order valence-electron chi connectivity index (χ0n) is 12.9. The first kappa shape index (κ1) is 15.3. The van der Waals surface area contributed by atoms with E-state index in [4.69, 9.17) is 4.74 Å². The summed E-state index contributed by atoms with van der Waals surface area (Å²) in [6, 6.07) is 4.51. The van der Waals surface area contributed by atoms with Crippen LogP contribution in [0, 0.1) is 0 Å². The van der Waals surface area contributed by atoms with E-state index in [1.54, 1.807) is 0 Å². The summed E-state index contributed by atoms with van der Waals surface area (Å²) in [5.74, 6) is 0.781. The van der Waals surface area contributed by atoms with Crippen LogP contribution in [0.1, 0.15) is 70.4 Å². The van der Waals surface area contributed by atoms with E-state index in [0.717, 1.165) is 18.8 Å². The summed E-state index contributed by atoms with van der Waals surface area (Å²) in [6.45, 7) is 5.40. The van der Waals surface area contributed by atoms with Gasteiger partial charge < -0.3 is 10.1 Å². The Balaban J connectivity index is 1.87. The first-order valence-electron chi connectivity index (χ1n) is 8.15. The molecule has 0 aromatic carbocycles. The molecular weight excluding hydrogens is 248 g/mol. The van der Waals surface area contributed by atoms with E-state index in [-0.39, 0.29) is 0 Å². The third-order valence-corrected chi connectivity index (χ3v) is 4.05. The van der Waals surface area contributed by atoms with Gasteiger partial charge in [0.2, 0.25) is 5.88 Å². The van der Waals surface area contributed by atoms with E-state index in [2.05, 4.69) is 30.2 Å². The fourth-order valence-electron chi connectivity index (χ4n) is 2.73. The molecular formula is C17H28N2O. The minimum absolute atomic E-state index is 0.356. The first-order valence-corrected chi connectivity index (χ1v) is 8.15. The van der Waals surface area contributed by atoms with Crippen LogP contribution >= 0.6 is 0 Å². The fourth-order valence-corrected chi connectivity index (χ4v) is 2.73. The van der Waals surface area contributed by atoms with Gasteiger partial charge in [-0.1, -0.05) is 25.8 Å². The maximum atomic E-state index is 6.02. The number of nitrogens with one attached hydrogen (secondary N) is 1. The topological polar surface area (TPSA) is 34.1 Å². The molecule has 1 heterocycles. The molecule has 1 N–H and O–H groups in total. The normalized spacial score (nSPS) is 18.5. The number of hydrogen-bond donors (Lipinski definition) is 1. The Labute approximate surface area is 123 Å². The van der Waals surface area contributed by atoms with Crippen LogP contribution in [-0.2, 0) is 0 Å². The van der Waals surface area contributed by atoms with Gasteiger partial charge in [0, 0.05) is 18.3 Å². The molecule has 1 atom stereocenters. The molecule has 0 bridgehead atoms. The van der Waals surface area contributed by atoms with E-state index in [1.165, 1.54) is 44.1 Å². The van der Waals surface area contributed by atoms with Gasteiger partial charge in [0.05, 0.1) is 0 Å². The molecule has 112 valence electrons. The van der Waals surface area contributed by atoms with Crippen LogP contribution in [0.3, 0.4) is 0 Å². The Kier molecular flexibility index (Phi) is 6.31. The molecule has 1 aliphatic carbocycles. The quantitative estimate of drug-likeness (QED) is 0.789. The molecule has 1 aromatic heterocycles. The second-order valence-electron chi connectivity index (χ2n) is 5.84. The van der Waals surface area contributed by atoms with Crippen LogP contribution in [0.4, 0.5) is 0 Å². The first-order chi connectivity index (χ1) is 9.79. The van der Waals surface area contributed by atoms with Crippen molar-refractivity contribution < 1.29 is 4.74 Å². The van der Waals surface area contributed by atoms with E-state index in [0.29, 0.717) is 12.1 Å². The summed E-state index contributed by atoms with van der Waals surface area (Å²) >= 11 is 0. The van der Waals surface area contributed by atoms with Crippen molar-refractivity contribution >= 4 is 0 Å². The summed E-state index contributed by atoms with van der Waals surface area (Å²) in [5, 5.41) is 3.48. The lowest BCUT2D eigenvalue weighted by Crippen LogP contribution is -2.19. The number of pyridine rings is 1. The number of hydrogen-bond acceptors (Lipinski definition) is 3. The molecule has 0 aliphatic heterocycles. The molecule has 1 aromatic rings. The van der Waals surface area contributed by atoms with E-state index in [9.17, 15) is 0 Å². The lowest BCUT2D eigenvalue weighted by molar-refractivity contribution is 0.176. The van der Waals surface area contributed by atoms with Gasteiger partial charge in [-0.25, -0.2) is 4.98 Å². The highest BCUT2D eigenvalue weighted by Crippen LogP contribution is 2.22. The molecule has 0 amide bonds. The van der Waals surface area contributed by atoms with Crippen molar-refractivity contribution in [3.63, 3.8) is 0 Å². The zero-order valence-corrected chi connectivity index (χ0v) is 12.9. The smallest absolute Gasteiger partial charge is 0.213 e. The lowest BCUT2D eigenvalue weighted by Gasteiger charge is -2.17. The Morgan fingerprint density at radius 1 is 1.25 bits per heavy atom. The third-order valence-electron chi connectivity index (χ3n) is 4.05. The molecule has 0 spiro atoms. The van der Waals surface area contributed by atoms with Crippen LogP contribution in [0.15, 0.2) is 18.3 Å². The van der Waals surface area contributed by atoms with Crippen LogP contribution in [0.25, 0.3) is 0 Å². The summed E-state index contributed by atoms with van der Waals surface area (Å²) in [6.07, 6.45) is 11.1. The molecule has 1 unspecified atom stereocenters. The van der Waals surface area contributed by atoms with Crippen molar-refractivity contribution in [1.82, 2.24) is 10.3 Å². The van der Waals surface area contributed by atoms with Crippen LogP contribution in [0.5, 0.6) is 5.88 Å². The van der Waals surface area contributed by atoms with Gasteiger partial charge in [0.1, 0.15) is 6.10 Å². The maximum Gasteiger partial charge on any atom is 0.213 e. The van der Waals surface area contributed by atoms with Crippen molar-refractivity contribution in [2.24, 2.45) is 0 Å². The largest absolute Gasteiger partial charge is 0.474 e. The van der Waals surface area contributed by atoms with Gasteiger partial charge >= 0.3 is 0 Å². The summed E-state index contributed by atoms with van der Waals surface area (Å²) < 4.78 is 6.02. The van der Waals surface area contributed by atoms with Crippen LogP contribution in [-0.4, -0.2) is 17.6 Å². The van der Waals surface area contributed by atoms with Crippen molar-refractivity contribution in [3.05, 3.63) is 23.9 Å². The fraction of sp³-hybridized carbons (Fsp3) is 0.706. The Morgan fingerprint density at radius 3 is 2.60 bits per heavy atom. The number of aromatic nitrogens is 1. The molecule has 2 rings (SSSR count). The minimum atomic E-state index is 0.356. The second kappa shape index (κ2) is 8.25. The van der Waals surface area contributed by atoms with Crippen LogP contribution in [0.2, 0.25) is 0 Å². The molecule has 1 fully saturated rings. The van der Waals surface area contributed by atoms with Crippen molar-refractivity contribution in [3.8, 4) is 5.88 Å².